The van der Waals surface area contributed by atoms with E-state index in [1.165, 1.54) is 19.1 Å². The maximum absolute atomic E-state index is 14.1. The summed E-state index contributed by atoms with van der Waals surface area (Å²) in [7, 11) is -4.52. The first kappa shape index (κ1) is 42.8. The Bertz CT molecular complexity index is 1200. The number of hydrogen-bond donors (Lipinski definition) is 4. The molecule has 0 spiro atoms. The van der Waals surface area contributed by atoms with E-state index in [1.54, 1.807) is 18.7 Å². The van der Waals surface area contributed by atoms with Gasteiger partial charge in [0.15, 0.2) is 0 Å². The highest BCUT2D eigenvalue weighted by Gasteiger charge is 2.44. The third-order valence-corrected chi connectivity index (χ3v) is 13.9. The molecule has 0 aromatic rings. The second kappa shape index (κ2) is 19.9. The Morgan fingerprint density at radius 1 is 0.854 bits per heavy atom. The second-order valence-electron chi connectivity index (χ2n) is 14.5. The number of unbranched alkanes of at least 4 members (excludes halogenated alkanes) is 1. The molecule has 15 heteroatoms. The fourth-order valence-electron chi connectivity index (χ4n) is 6.87. The third-order valence-electron chi connectivity index (χ3n) is 9.87. The van der Waals surface area contributed by atoms with Crippen LogP contribution in [-0.2, 0) is 29.6 Å². The summed E-state index contributed by atoms with van der Waals surface area (Å²) in [4.78, 5) is 32.2. The fraction of sp³-hybridized carbons (Fsp3) is 0.939. The number of sulfonamides is 2. The smallest absolute Gasteiger partial charge is 0.226 e. The van der Waals surface area contributed by atoms with Gasteiger partial charge in [0.1, 0.15) is 0 Å². The first-order chi connectivity index (χ1) is 22.5. The molecule has 0 aliphatic heterocycles. The van der Waals surface area contributed by atoms with Crippen LogP contribution in [0.15, 0.2) is 0 Å². The molecule has 0 radical (unpaired) electrons. The zero-order chi connectivity index (χ0) is 36.2. The minimum atomic E-state index is -3.77. The highest BCUT2D eigenvalue weighted by molar-refractivity contribution is 7.90. The molecule has 0 bridgehead atoms. The van der Waals surface area contributed by atoms with E-state index in [1.807, 2.05) is 20.8 Å². The molecule has 5 unspecified atom stereocenters. The van der Waals surface area contributed by atoms with Gasteiger partial charge in [0.2, 0.25) is 31.9 Å². The van der Waals surface area contributed by atoms with Crippen LogP contribution in [0.2, 0.25) is 0 Å². The van der Waals surface area contributed by atoms with E-state index >= 15 is 0 Å². The summed E-state index contributed by atoms with van der Waals surface area (Å²) in [5.74, 6) is -1.81. The molecular formula is C33H65N5O8S2. The lowest BCUT2D eigenvalue weighted by Gasteiger charge is -2.38. The Balaban J connectivity index is 2.38. The first-order valence-corrected chi connectivity index (χ1v) is 21.1. The van der Waals surface area contributed by atoms with E-state index in [0.717, 1.165) is 36.4 Å². The van der Waals surface area contributed by atoms with E-state index in [4.69, 9.17) is 0 Å². The highest BCUT2D eigenvalue weighted by atomic mass is 32.2. The molecule has 2 aliphatic rings. The molecule has 0 saturated heterocycles. The third kappa shape index (κ3) is 12.8. The highest BCUT2D eigenvalue weighted by Crippen LogP contribution is 2.36. The summed E-state index contributed by atoms with van der Waals surface area (Å²) in [5.41, 5.74) is 0. The number of aliphatic hydroxyl groups excluding tert-OH is 2. The van der Waals surface area contributed by atoms with E-state index in [-0.39, 0.29) is 43.7 Å². The maximum atomic E-state index is 14.1. The summed E-state index contributed by atoms with van der Waals surface area (Å²) < 4.78 is 53.4. The van der Waals surface area contributed by atoms with Crippen molar-refractivity contribution in [1.82, 2.24) is 24.4 Å². The molecule has 282 valence electrons. The summed E-state index contributed by atoms with van der Waals surface area (Å²) in [6.45, 7) is 10.6. The molecule has 0 aromatic heterocycles. The number of nitrogens with zero attached hydrogens (tertiary/aromatic N) is 3. The lowest BCUT2D eigenvalue weighted by atomic mass is 9.79. The number of carbonyl (C=O) groups is 2. The second-order valence-corrected chi connectivity index (χ2v) is 19.1. The number of hydrazine groups is 1. The summed E-state index contributed by atoms with van der Waals surface area (Å²) >= 11 is 0. The van der Waals surface area contributed by atoms with Gasteiger partial charge in [0.05, 0.1) is 28.7 Å². The van der Waals surface area contributed by atoms with Crippen LogP contribution in [0.3, 0.4) is 0 Å². The average molecular weight is 724 g/mol. The van der Waals surface area contributed by atoms with Gasteiger partial charge in [0.25, 0.3) is 0 Å². The van der Waals surface area contributed by atoms with Crippen molar-refractivity contribution in [3.05, 3.63) is 0 Å². The predicted molar refractivity (Wildman–Crippen MR) is 189 cm³/mol. The Hall–Kier alpha value is -1.36. The Morgan fingerprint density at radius 3 is 1.96 bits per heavy atom. The van der Waals surface area contributed by atoms with Gasteiger partial charge in [-0.1, -0.05) is 27.2 Å². The number of aliphatic hydroxyl groups is 2. The van der Waals surface area contributed by atoms with E-state index in [0.29, 0.717) is 45.3 Å². The molecule has 0 aromatic carbocycles. The topological polar surface area (TPSA) is 177 Å². The van der Waals surface area contributed by atoms with Crippen molar-refractivity contribution in [2.75, 3.05) is 40.3 Å². The van der Waals surface area contributed by atoms with Crippen molar-refractivity contribution in [1.29, 1.82) is 0 Å². The average Bonchev–Trinajstić information content (AvgIpc) is 3.03. The zero-order valence-corrected chi connectivity index (χ0v) is 32.1. The Morgan fingerprint density at radius 2 is 1.44 bits per heavy atom. The van der Waals surface area contributed by atoms with Crippen molar-refractivity contribution in [3.8, 4) is 0 Å². The molecule has 48 heavy (non-hydrogen) atoms. The van der Waals surface area contributed by atoms with Gasteiger partial charge in [-0.3, -0.25) is 9.59 Å². The van der Waals surface area contributed by atoms with Crippen molar-refractivity contribution in [2.45, 2.75) is 140 Å². The largest absolute Gasteiger partial charge is 0.393 e. The van der Waals surface area contributed by atoms with E-state index < -0.39 is 60.4 Å². The maximum Gasteiger partial charge on any atom is 0.226 e. The summed E-state index contributed by atoms with van der Waals surface area (Å²) in [6.07, 6.45) is 5.08. The van der Waals surface area contributed by atoms with Gasteiger partial charge in [-0.25, -0.2) is 26.1 Å². The Labute approximate surface area is 290 Å². The van der Waals surface area contributed by atoms with E-state index in [9.17, 15) is 36.6 Å². The van der Waals surface area contributed by atoms with Gasteiger partial charge < -0.3 is 20.4 Å². The minimum Gasteiger partial charge on any atom is -0.393 e. The van der Waals surface area contributed by atoms with Crippen LogP contribution < -0.4 is 10.1 Å². The molecule has 2 rings (SSSR count). The standard InChI is InChI=1S/C33H65N5O8S2/c1-8-11-18-38(35-47(43,44)24(4)5)23-31(40)30(19-25-12-14-28(39)15-13-25)34-32(41)26-20-27(33(42)37(16-9-2)17-10-3)22-29(21-26)48(45,46)36(6)7/h24-31,35,39-40H,8-23H2,1-7H3,(H,34,41). The van der Waals surface area contributed by atoms with Crippen LogP contribution in [0.25, 0.3) is 0 Å². The summed E-state index contributed by atoms with van der Waals surface area (Å²) in [6, 6.07) is -0.748. The number of carbonyl (C=O) groups excluding carboxylic acids is 2. The van der Waals surface area contributed by atoms with Crippen LogP contribution >= 0.6 is 0 Å². The van der Waals surface area contributed by atoms with Crippen molar-refractivity contribution < 1.29 is 36.6 Å². The van der Waals surface area contributed by atoms with Crippen LogP contribution in [0.1, 0.15) is 112 Å². The molecule has 2 amide bonds. The van der Waals surface area contributed by atoms with Gasteiger partial charge in [0, 0.05) is 52.1 Å². The fourth-order valence-corrected chi connectivity index (χ4v) is 9.15. The van der Waals surface area contributed by atoms with Gasteiger partial charge in [-0.2, -0.15) is 0 Å². The van der Waals surface area contributed by atoms with Gasteiger partial charge in [-0.05, 0) is 90.4 Å². The molecule has 0 heterocycles. The SMILES string of the molecule is CCCCN(CC(O)C(CC1CCC(O)CC1)NC(=O)C1CC(C(=O)N(CCC)CCC)CC(S(=O)(=O)N(C)C)C1)NS(=O)(=O)C(C)C. The molecule has 4 N–H and O–H groups in total. The normalized spacial score (nSPS) is 25.3. The van der Waals surface area contributed by atoms with Crippen molar-refractivity contribution in [3.63, 3.8) is 0 Å². The molecule has 13 nitrogen and oxygen atoms in total. The zero-order valence-electron chi connectivity index (χ0n) is 30.4. The summed E-state index contributed by atoms with van der Waals surface area (Å²) in [5, 5.41) is 24.7. The van der Waals surface area contributed by atoms with Crippen LogP contribution in [0.4, 0.5) is 0 Å². The number of rotatable bonds is 20. The number of nitrogens with one attached hydrogen (secondary N) is 2. The van der Waals surface area contributed by atoms with Crippen molar-refractivity contribution in [2.24, 2.45) is 17.8 Å². The molecule has 2 saturated carbocycles. The Kier molecular flexibility index (Phi) is 17.7. The van der Waals surface area contributed by atoms with Crippen molar-refractivity contribution >= 4 is 31.9 Å². The monoisotopic (exact) mass is 723 g/mol. The van der Waals surface area contributed by atoms with Gasteiger partial charge >= 0.3 is 0 Å². The lowest BCUT2D eigenvalue weighted by Crippen LogP contribution is -2.55. The van der Waals surface area contributed by atoms with Crippen LogP contribution in [0.5, 0.6) is 0 Å². The first-order valence-electron chi connectivity index (χ1n) is 18.1. The quantitative estimate of drug-likeness (QED) is 0.138. The predicted octanol–water partition coefficient (Wildman–Crippen LogP) is 2.44. The minimum absolute atomic E-state index is 0.0569. The number of hydrogen-bond acceptors (Lipinski definition) is 9. The van der Waals surface area contributed by atoms with Gasteiger partial charge in [-0.15, -0.1) is 4.83 Å². The van der Waals surface area contributed by atoms with Crippen LogP contribution in [0, 0.1) is 17.8 Å². The van der Waals surface area contributed by atoms with E-state index in [2.05, 4.69) is 10.1 Å². The van der Waals surface area contributed by atoms with Crippen LogP contribution in [-0.4, -0.2) is 122 Å². The number of amides is 2. The molecule has 5 atom stereocenters. The lowest BCUT2D eigenvalue weighted by molar-refractivity contribution is -0.138. The molecule has 2 fully saturated rings. The molecule has 2 aliphatic carbocycles. The molecular weight excluding hydrogens is 659 g/mol.